The number of hydrogen-bond acceptors (Lipinski definition) is 5. The van der Waals surface area contributed by atoms with Crippen LogP contribution in [0.2, 0.25) is 0 Å². The first kappa shape index (κ1) is 18.6. The molecule has 0 aromatic heterocycles. The highest BCUT2D eigenvalue weighted by Gasteiger charge is 2.19. The van der Waals surface area contributed by atoms with Crippen molar-refractivity contribution >= 4 is 12.4 Å². The number of rotatable bonds is 3. The normalized spacial score (nSPS) is 16.8. The number of hydrogen-bond donors (Lipinski definition) is 1. The average Bonchev–Trinajstić information content (AvgIpc) is 2.38. The number of ether oxygens (including phenoxy) is 1. The Kier molecular flexibility index (Phi) is 8.88. The zero-order valence-corrected chi connectivity index (χ0v) is 12.8. The van der Waals surface area contributed by atoms with Crippen LogP contribution in [-0.4, -0.2) is 23.3 Å². The van der Waals surface area contributed by atoms with Gasteiger partial charge in [-0.25, -0.2) is 10.1 Å². The second-order valence-corrected chi connectivity index (χ2v) is 5.95. The summed E-state index contributed by atoms with van der Waals surface area (Å²) < 4.78 is 5.33. The molecule has 1 N–H and O–H groups in total. The molecule has 116 valence electrons. The predicted octanol–water partition coefficient (Wildman–Crippen LogP) is 3.49. The molecule has 5 heteroatoms. The summed E-state index contributed by atoms with van der Waals surface area (Å²) in [6.07, 6.45) is 8.48. The van der Waals surface area contributed by atoms with Gasteiger partial charge in [0, 0.05) is 5.57 Å². The second kappa shape index (κ2) is 9.53. The lowest BCUT2D eigenvalue weighted by molar-refractivity contribution is -0.217. The van der Waals surface area contributed by atoms with E-state index in [2.05, 4.69) is 11.0 Å². The van der Waals surface area contributed by atoms with Crippen molar-refractivity contribution in [3.8, 4) is 0 Å². The van der Waals surface area contributed by atoms with Crippen molar-refractivity contribution in [1.82, 2.24) is 0 Å². The highest BCUT2D eigenvalue weighted by molar-refractivity contribution is 5.88. The SMILES string of the molecule is CC(=CC1CCCCC1)C(=O)OC(C)(C)C.O=COO. The number of allylic oxidation sites excluding steroid dienone is 1. The second-order valence-electron chi connectivity index (χ2n) is 5.95. The smallest absolute Gasteiger partial charge is 0.333 e. The van der Waals surface area contributed by atoms with Gasteiger partial charge in [0.05, 0.1) is 0 Å². The Labute approximate surface area is 120 Å². The van der Waals surface area contributed by atoms with Gasteiger partial charge in [0.25, 0.3) is 0 Å². The maximum Gasteiger partial charge on any atom is 0.333 e. The fourth-order valence-electron chi connectivity index (χ4n) is 2.08. The maximum absolute atomic E-state index is 11.7. The van der Waals surface area contributed by atoms with Gasteiger partial charge < -0.3 is 9.62 Å². The first-order valence-corrected chi connectivity index (χ1v) is 6.95. The van der Waals surface area contributed by atoms with E-state index in [1.54, 1.807) is 0 Å². The molecule has 0 atom stereocenters. The Morgan fingerprint density at radius 2 is 1.70 bits per heavy atom. The molecule has 0 aliphatic heterocycles. The lowest BCUT2D eigenvalue weighted by Gasteiger charge is -2.21. The molecule has 0 spiro atoms. The van der Waals surface area contributed by atoms with Crippen molar-refractivity contribution in [2.75, 3.05) is 0 Å². The maximum atomic E-state index is 11.7. The quantitative estimate of drug-likeness (QED) is 0.283. The van der Waals surface area contributed by atoms with Crippen LogP contribution in [-0.2, 0) is 19.2 Å². The summed E-state index contributed by atoms with van der Waals surface area (Å²) in [4.78, 5) is 23.3. The molecule has 1 fully saturated rings. The van der Waals surface area contributed by atoms with Crippen LogP contribution in [0.15, 0.2) is 11.6 Å². The highest BCUT2D eigenvalue weighted by atomic mass is 17.1. The number of carbonyl (C=O) groups excluding carboxylic acids is 2. The molecule has 0 bridgehead atoms. The molecule has 0 amide bonds. The van der Waals surface area contributed by atoms with Crippen molar-refractivity contribution in [3.05, 3.63) is 11.6 Å². The van der Waals surface area contributed by atoms with Gasteiger partial charge in [-0.15, -0.1) is 0 Å². The summed E-state index contributed by atoms with van der Waals surface area (Å²) in [5.41, 5.74) is 0.375. The molecule has 1 saturated carbocycles. The molecule has 1 rings (SSSR count). The molecule has 0 aromatic carbocycles. The molecule has 5 nitrogen and oxygen atoms in total. The molecule has 0 radical (unpaired) electrons. The molecule has 1 aliphatic rings. The van der Waals surface area contributed by atoms with Gasteiger partial charge in [0.15, 0.2) is 0 Å². The molecule has 20 heavy (non-hydrogen) atoms. The third-order valence-electron chi connectivity index (χ3n) is 2.90. The van der Waals surface area contributed by atoms with E-state index in [1.165, 1.54) is 32.1 Å². The Hall–Kier alpha value is -1.36. The first-order chi connectivity index (χ1) is 9.30. The standard InChI is InChI=1S/C14H24O2.CH2O3/c1-11(13(15)16-14(2,3)4)10-12-8-6-5-7-9-12;2-1-4-3/h10,12H,5-9H2,1-4H3;1,3H. The number of esters is 1. The van der Waals surface area contributed by atoms with Crippen LogP contribution in [0.1, 0.15) is 59.8 Å². The minimum absolute atomic E-state index is 0.0694. The van der Waals surface area contributed by atoms with Crippen LogP contribution in [0.25, 0.3) is 0 Å². The molecular weight excluding hydrogens is 260 g/mol. The van der Waals surface area contributed by atoms with Crippen LogP contribution in [0.3, 0.4) is 0 Å². The summed E-state index contributed by atoms with van der Waals surface area (Å²) in [6.45, 7) is 7.50. The third kappa shape index (κ3) is 9.55. The van der Waals surface area contributed by atoms with Gasteiger partial charge in [0.1, 0.15) is 5.60 Å². The first-order valence-electron chi connectivity index (χ1n) is 6.95. The Balaban J connectivity index is 0.000000796. The lowest BCUT2D eigenvalue weighted by Crippen LogP contribution is -2.24. The molecule has 0 saturated heterocycles. The summed E-state index contributed by atoms with van der Waals surface area (Å²) in [5, 5.41) is 7.01. The van der Waals surface area contributed by atoms with Crippen LogP contribution < -0.4 is 0 Å². The summed E-state index contributed by atoms with van der Waals surface area (Å²) in [7, 11) is 0. The van der Waals surface area contributed by atoms with Crippen molar-refractivity contribution in [3.63, 3.8) is 0 Å². The lowest BCUT2D eigenvalue weighted by atomic mass is 9.88. The molecule has 0 heterocycles. The van der Waals surface area contributed by atoms with E-state index in [9.17, 15) is 4.79 Å². The molecule has 0 aromatic rings. The average molecular weight is 286 g/mol. The van der Waals surface area contributed by atoms with E-state index in [0.29, 0.717) is 5.92 Å². The van der Waals surface area contributed by atoms with E-state index >= 15 is 0 Å². The Bertz CT molecular complexity index is 322. The van der Waals surface area contributed by atoms with Gasteiger partial charge >= 0.3 is 12.4 Å². The fourth-order valence-corrected chi connectivity index (χ4v) is 2.08. The zero-order chi connectivity index (χ0) is 15.6. The Morgan fingerprint density at radius 1 is 1.20 bits per heavy atom. The predicted molar refractivity (Wildman–Crippen MR) is 76.0 cm³/mol. The fraction of sp³-hybridized carbons (Fsp3) is 0.733. The molecule has 1 aliphatic carbocycles. The van der Waals surface area contributed by atoms with E-state index in [1.807, 2.05) is 27.7 Å². The van der Waals surface area contributed by atoms with E-state index in [0.717, 1.165) is 5.57 Å². The van der Waals surface area contributed by atoms with E-state index in [4.69, 9.17) is 14.8 Å². The minimum atomic E-state index is -0.390. The van der Waals surface area contributed by atoms with Crippen LogP contribution in [0.4, 0.5) is 0 Å². The van der Waals surface area contributed by atoms with Crippen molar-refractivity contribution in [2.45, 2.75) is 65.4 Å². The van der Waals surface area contributed by atoms with Crippen LogP contribution in [0, 0.1) is 5.92 Å². The van der Waals surface area contributed by atoms with Gasteiger partial charge in [-0.1, -0.05) is 25.3 Å². The van der Waals surface area contributed by atoms with Crippen molar-refractivity contribution in [2.24, 2.45) is 5.92 Å². The van der Waals surface area contributed by atoms with Crippen LogP contribution in [0.5, 0.6) is 0 Å². The van der Waals surface area contributed by atoms with Crippen LogP contribution >= 0.6 is 0 Å². The van der Waals surface area contributed by atoms with Gasteiger partial charge in [-0.05, 0) is 46.5 Å². The van der Waals surface area contributed by atoms with Gasteiger partial charge in [0.2, 0.25) is 0 Å². The Morgan fingerprint density at radius 3 is 2.10 bits per heavy atom. The van der Waals surface area contributed by atoms with Gasteiger partial charge in [-0.3, -0.25) is 4.79 Å². The summed E-state index contributed by atoms with van der Waals surface area (Å²) in [5.74, 6) is 0.416. The monoisotopic (exact) mass is 286 g/mol. The number of carbonyl (C=O) groups is 2. The highest BCUT2D eigenvalue weighted by Crippen LogP contribution is 2.26. The van der Waals surface area contributed by atoms with Crippen molar-refractivity contribution in [1.29, 1.82) is 0 Å². The largest absolute Gasteiger partial charge is 0.457 e. The van der Waals surface area contributed by atoms with Crippen molar-refractivity contribution < 1.29 is 24.5 Å². The van der Waals surface area contributed by atoms with E-state index in [-0.39, 0.29) is 12.4 Å². The summed E-state index contributed by atoms with van der Waals surface area (Å²) in [6, 6.07) is 0. The third-order valence-corrected chi connectivity index (χ3v) is 2.90. The summed E-state index contributed by atoms with van der Waals surface area (Å²) >= 11 is 0. The topological polar surface area (TPSA) is 72.8 Å². The zero-order valence-electron chi connectivity index (χ0n) is 12.8. The minimum Gasteiger partial charge on any atom is -0.457 e. The van der Waals surface area contributed by atoms with Gasteiger partial charge in [-0.2, -0.15) is 0 Å². The molecule has 0 unspecified atom stereocenters. The molecular formula is C15H26O5. The van der Waals surface area contributed by atoms with E-state index < -0.39 is 5.60 Å².